The summed E-state index contributed by atoms with van der Waals surface area (Å²) in [5.74, 6) is 0.369. The molecule has 0 fully saturated rings. The third-order valence-corrected chi connectivity index (χ3v) is 4.72. The molecule has 0 aliphatic carbocycles. The van der Waals surface area contributed by atoms with E-state index in [1.165, 1.54) is 12.8 Å². The Morgan fingerprint density at radius 2 is 1.15 bits per heavy atom. The number of rotatable bonds is 5. The number of alkyl halides is 2. The minimum Gasteiger partial charge on any atom is -0.447 e. The van der Waals surface area contributed by atoms with Crippen molar-refractivity contribution in [2.75, 3.05) is 11.5 Å². The van der Waals surface area contributed by atoms with E-state index < -0.39 is 31.7 Å². The lowest BCUT2D eigenvalue weighted by Gasteiger charge is -1.92. The topological polar surface area (TPSA) is 161 Å². The molecule has 2 aromatic heterocycles. The molecule has 0 bridgehead atoms. The van der Waals surface area contributed by atoms with Crippen LogP contribution < -0.4 is 0 Å². The Labute approximate surface area is 161 Å². The summed E-state index contributed by atoms with van der Waals surface area (Å²) in [5.41, 5.74) is 1.75. The second-order valence-corrected chi connectivity index (χ2v) is 8.24. The number of halogens is 2. The molecule has 0 amide bonds. The Kier molecular flexibility index (Phi) is 11.0. The van der Waals surface area contributed by atoms with Crippen molar-refractivity contribution in [3.8, 4) is 0 Å². The second-order valence-electron chi connectivity index (χ2n) is 4.56. The van der Waals surface area contributed by atoms with Crippen LogP contribution in [0.25, 0.3) is 0 Å². The molecule has 2 N–H and O–H groups in total. The van der Waals surface area contributed by atoms with Crippen LogP contribution in [0.2, 0.25) is 0 Å². The van der Waals surface area contributed by atoms with Gasteiger partial charge in [0, 0.05) is 0 Å². The Hall–Kier alpha value is -1.18. The lowest BCUT2D eigenvalue weighted by atomic mass is 10.4. The third kappa shape index (κ3) is 12.2. The second kappa shape index (κ2) is 11.5. The molecule has 0 saturated heterocycles. The summed E-state index contributed by atoms with van der Waals surface area (Å²) < 4.78 is 65.1. The van der Waals surface area contributed by atoms with Gasteiger partial charge in [0.15, 0.2) is 12.8 Å². The molecule has 26 heavy (non-hydrogen) atoms. The van der Waals surface area contributed by atoms with Crippen molar-refractivity contribution in [1.29, 1.82) is 0 Å². The molecular weight excluding hydrogens is 435 g/mol. The molecule has 14 heteroatoms. The summed E-state index contributed by atoms with van der Waals surface area (Å²) in [6, 6.07) is 0. The Bertz CT molecular complexity index is 789. The molecule has 2 aromatic rings. The number of hydrogen-bond donors (Lipinski definition) is 2. The molecule has 150 valence electrons. The maximum absolute atomic E-state index is 9.86. The molecule has 0 atom stereocenters. The highest BCUT2D eigenvalue weighted by Gasteiger charge is 2.11. The molecule has 0 aromatic carbocycles. The average molecular weight is 453 g/mol. The predicted molar refractivity (Wildman–Crippen MR) is 94.4 cm³/mol. The van der Waals surface area contributed by atoms with Gasteiger partial charge in [0.2, 0.25) is 0 Å². The first kappa shape index (κ1) is 24.8. The van der Waals surface area contributed by atoms with Crippen LogP contribution in [0.4, 0.5) is 0 Å². The minimum atomic E-state index is -4.30. The Morgan fingerprint density at radius 3 is 1.27 bits per heavy atom. The molecule has 0 saturated carbocycles. The number of aryl methyl sites for hydroxylation is 2. The fourth-order valence-corrected chi connectivity index (χ4v) is 3.32. The molecule has 0 aliphatic rings. The molecular formula is C12H18Cl2N2O8S2. The van der Waals surface area contributed by atoms with Crippen LogP contribution in [0.5, 0.6) is 0 Å². The van der Waals surface area contributed by atoms with E-state index in [-0.39, 0.29) is 0 Å². The monoisotopic (exact) mass is 452 g/mol. The first-order valence-corrected chi connectivity index (χ1v) is 11.0. The number of oxazole rings is 2. The van der Waals surface area contributed by atoms with Crippen molar-refractivity contribution >= 4 is 43.4 Å². The van der Waals surface area contributed by atoms with E-state index in [9.17, 15) is 16.8 Å². The summed E-state index contributed by atoms with van der Waals surface area (Å²) in [6.45, 7) is 3.72. The Morgan fingerprint density at radius 1 is 0.846 bits per heavy atom. The number of nitrogens with zero attached hydrogens (tertiary/aromatic N) is 2. The lowest BCUT2D eigenvalue weighted by Crippen LogP contribution is -2.15. The SMILES string of the molecule is Cc1ncoc1CCl.Cc1ncoc1CCl.O=S(=O)(O)CCS(=O)(=O)O. The summed E-state index contributed by atoms with van der Waals surface area (Å²) in [4.78, 5) is 7.67. The van der Waals surface area contributed by atoms with E-state index in [4.69, 9.17) is 41.1 Å². The van der Waals surface area contributed by atoms with E-state index in [2.05, 4.69) is 9.97 Å². The van der Waals surface area contributed by atoms with E-state index in [0.29, 0.717) is 11.8 Å². The zero-order valence-electron chi connectivity index (χ0n) is 13.8. The quantitative estimate of drug-likeness (QED) is 0.507. The standard InChI is InChI=1S/2C5H6ClNO.C2H6O6S2/c2*1-4-5(2-6)8-3-7-4;3-9(4,5)1-2-10(6,7)8/h2*3H,2H2,1H3;1-2H2,(H,3,4,5)(H,6,7,8). The van der Waals surface area contributed by atoms with E-state index in [1.807, 2.05) is 13.8 Å². The van der Waals surface area contributed by atoms with Crippen LogP contribution in [0.15, 0.2) is 21.6 Å². The van der Waals surface area contributed by atoms with Gasteiger partial charge in [0.25, 0.3) is 20.2 Å². The fourth-order valence-electron chi connectivity index (χ4n) is 1.12. The average Bonchev–Trinajstić information content (AvgIpc) is 3.13. The van der Waals surface area contributed by atoms with Gasteiger partial charge >= 0.3 is 0 Å². The maximum atomic E-state index is 9.86. The molecule has 0 unspecified atom stereocenters. The molecule has 2 rings (SSSR count). The zero-order valence-corrected chi connectivity index (χ0v) is 16.9. The summed E-state index contributed by atoms with van der Waals surface area (Å²) in [5, 5.41) is 0. The molecule has 0 spiro atoms. The maximum Gasteiger partial charge on any atom is 0.265 e. The first-order chi connectivity index (χ1) is 11.9. The van der Waals surface area contributed by atoms with Gasteiger partial charge in [-0.2, -0.15) is 16.8 Å². The number of hydrogen-bond acceptors (Lipinski definition) is 8. The van der Waals surface area contributed by atoms with Gasteiger partial charge in [0.1, 0.15) is 11.5 Å². The van der Waals surface area contributed by atoms with Gasteiger partial charge < -0.3 is 8.83 Å². The number of aromatic nitrogens is 2. The minimum absolute atomic E-state index is 0.409. The summed E-state index contributed by atoms with van der Waals surface area (Å²) in [7, 11) is -8.59. The van der Waals surface area contributed by atoms with Crippen molar-refractivity contribution in [3.05, 3.63) is 35.7 Å². The van der Waals surface area contributed by atoms with E-state index in [0.717, 1.165) is 22.9 Å². The van der Waals surface area contributed by atoms with Crippen molar-refractivity contribution in [2.24, 2.45) is 0 Å². The molecule has 0 radical (unpaired) electrons. The van der Waals surface area contributed by atoms with Crippen LogP contribution in [0, 0.1) is 13.8 Å². The van der Waals surface area contributed by atoms with Gasteiger partial charge in [-0.3, -0.25) is 9.11 Å². The van der Waals surface area contributed by atoms with Crippen LogP contribution in [-0.4, -0.2) is 47.4 Å². The van der Waals surface area contributed by atoms with Crippen LogP contribution >= 0.6 is 23.2 Å². The van der Waals surface area contributed by atoms with Crippen molar-refractivity contribution < 1.29 is 34.8 Å². The van der Waals surface area contributed by atoms with Gasteiger partial charge in [-0.05, 0) is 13.8 Å². The normalized spacial score (nSPS) is 11.2. The van der Waals surface area contributed by atoms with Crippen LogP contribution in [-0.2, 0) is 32.0 Å². The van der Waals surface area contributed by atoms with Crippen LogP contribution in [0.1, 0.15) is 22.9 Å². The molecule has 10 nitrogen and oxygen atoms in total. The largest absolute Gasteiger partial charge is 0.447 e. The Balaban J connectivity index is 0.000000363. The van der Waals surface area contributed by atoms with Gasteiger partial charge in [0.05, 0.1) is 34.7 Å². The summed E-state index contributed by atoms with van der Waals surface area (Å²) >= 11 is 10.9. The molecule has 0 aliphatic heterocycles. The van der Waals surface area contributed by atoms with E-state index >= 15 is 0 Å². The van der Waals surface area contributed by atoms with Crippen molar-refractivity contribution in [1.82, 2.24) is 9.97 Å². The van der Waals surface area contributed by atoms with E-state index in [1.54, 1.807) is 0 Å². The van der Waals surface area contributed by atoms with Gasteiger partial charge in [-0.25, -0.2) is 9.97 Å². The smallest absolute Gasteiger partial charge is 0.265 e. The third-order valence-electron chi connectivity index (χ3n) is 2.53. The van der Waals surface area contributed by atoms with Crippen molar-refractivity contribution in [2.45, 2.75) is 25.6 Å². The van der Waals surface area contributed by atoms with Gasteiger partial charge in [-0.1, -0.05) is 0 Å². The first-order valence-electron chi connectivity index (χ1n) is 6.69. The molecule has 2 heterocycles. The lowest BCUT2D eigenvalue weighted by molar-refractivity contribution is 0.472. The zero-order chi connectivity index (χ0) is 20.4. The van der Waals surface area contributed by atoms with Crippen molar-refractivity contribution in [3.63, 3.8) is 0 Å². The highest BCUT2D eigenvalue weighted by atomic mass is 35.5. The fraction of sp³-hybridized carbons (Fsp3) is 0.500. The summed E-state index contributed by atoms with van der Waals surface area (Å²) in [6.07, 6.45) is 2.79. The van der Waals surface area contributed by atoms with Gasteiger partial charge in [-0.15, -0.1) is 23.2 Å². The highest BCUT2D eigenvalue weighted by Crippen LogP contribution is 2.07. The highest BCUT2D eigenvalue weighted by molar-refractivity contribution is 7.89. The predicted octanol–water partition coefficient (Wildman–Crippen LogP) is 2.21. The van der Waals surface area contributed by atoms with Crippen LogP contribution in [0.3, 0.4) is 0 Å².